The lowest BCUT2D eigenvalue weighted by Gasteiger charge is -2.39. The van der Waals surface area contributed by atoms with Crippen molar-refractivity contribution < 1.29 is 8.78 Å². The molecule has 0 aromatic heterocycles. The van der Waals surface area contributed by atoms with E-state index in [2.05, 4.69) is 6.92 Å². The summed E-state index contributed by atoms with van der Waals surface area (Å²) in [6.07, 6.45) is 0.191. The van der Waals surface area contributed by atoms with Gasteiger partial charge in [-0.15, -0.1) is 0 Å². The van der Waals surface area contributed by atoms with Crippen molar-refractivity contribution >= 4 is 0 Å². The van der Waals surface area contributed by atoms with E-state index in [-0.39, 0.29) is 17.8 Å². The van der Waals surface area contributed by atoms with Crippen LogP contribution < -0.4 is 0 Å². The van der Waals surface area contributed by atoms with Crippen molar-refractivity contribution in [1.29, 1.82) is 0 Å². The van der Waals surface area contributed by atoms with Gasteiger partial charge >= 0.3 is 0 Å². The first-order valence-corrected chi connectivity index (χ1v) is 6.27. The Kier molecular flexibility index (Phi) is 4.54. The molecule has 5 atom stereocenters. The predicted molar refractivity (Wildman–Crippen MR) is 60.3 cm³/mol. The van der Waals surface area contributed by atoms with Crippen LogP contribution in [0, 0.1) is 23.7 Å². The molecule has 0 heterocycles. The Morgan fingerprint density at radius 3 is 1.93 bits per heavy atom. The summed E-state index contributed by atoms with van der Waals surface area (Å²) in [5.74, 6) is 0.447. The van der Waals surface area contributed by atoms with Crippen LogP contribution in [0.1, 0.15) is 47.0 Å². The summed E-state index contributed by atoms with van der Waals surface area (Å²) in [5, 5.41) is 0. The first-order chi connectivity index (χ1) is 6.99. The maximum atomic E-state index is 13.9. The maximum Gasteiger partial charge on any atom is 0.134 e. The monoisotopic (exact) mass is 218 g/mol. The summed E-state index contributed by atoms with van der Waals surface area (Å²) in [7, 11) is 0. The van der Waals surface area contributed by atoms with Crippen molar-refractivity contribution in [3.63, 3.8) is 0 Å². The van der Waals surface area contributed by atoms with E-state index in [0.29, 0.717) is 5.92 Å². The second-order valence-corrected chi connectivity index (χ2v) is 5.42. The highest BCUT2D eigenvalue weighted by Crippen LogP contribution is 2.41. The van der Waals surface area contributed by atoms with E-state index in [9.17, 15) is 8.78 Å². The number of hydrogen-bond donors (Lipinski definition) is 0. The summed E-state index contributed by atoms with van der Waals surface area (Å²) < 4.78 is 27.8. The van der Waals surface area contributed by atoms with Gasteiger partial charge < -0.3 is 0 Å². The zero-order chi connectivity index (χ0) is 11.6. The normalized spacial score (nSPS) is 39.4. The quantitative estimate of drug-likeness (QED) is 0.659. The first-order valence-electron chi connectivity index (χ1n) is 6.27. The zero-order valence-corrected chi connectivity index (χ0v) is 10.3. The minimum atomic E-state index is -1.24. The molecule has 90 valence electrons. The second kappa shape index (κ2) is 5.27. The summed E-state index contributed by atoms with van der Waals surface area (Å²) >= 11 is 0. The Bertz CT molecular complexity index is 191. The van der Waals surface area contributed by atoms with Gasteiger partial charge in [0, 0.05) is 0 Å². The van der Waals surface area contributed by atoms with Gasteiger partial charge in [-0.1, -0.05) is 34.1 Å². The lowest BCUT2D eigenvalue weighted by atomic mass is 9.70. The molecule has 0 aromatic rings. The van der Waals surface area contributed by atoms with Crippen LogP contribution in [0.5, 0.6) is 0 Å². The molecule has 0 N–H and O–H groups in total. The lowest BCUT2D eigenvalue weighted by molar-refractivity contribution is -0.0135. The van der Waals surface area contributed by atoms with Gasteiger partial charge in [0.25, 0.3) is 0 Å². The van der Waals surface area contributed by atoms with Crippen molar-refractivity contribution in [2.75, 3.05) is 0 Å². The van der Waals surface area contributed by atoms with Crippen LogP contribution >= 0.6 is 0 Å². The molecule has 1 fully saturated rings. The maximum absolute atomic E-state index is 13.9. The molecule has 0 amide bonds. The highest BCUT2D eigenvalue weighted by Gasteiger charge is 2.42. The SMILES string of the molecule is CCC(C)C1CCC(C(C)C)C(F)C1F. The Balaban J connectivity index is 2.64. The second-order valence-electron chi connectivity index (χ2n) is 5.42. The third kappa shape index (κ3) is 2.70. The average molecular weight is 218 g/mol. The van der Waals surface area contributed by atoms with Gasteiger partial charge in [0.15, 0.2) is 0 Å². The zero-order valence-electron chi connectivity index (χ0n) is 10.3. The molecule has 5 unspecified atom stereocenters. The Labute approximate surface area is 92.4 Å². The molecule has 2 heteroatoms. The summed E-state index contributed by atoms with van der Waals surface area (Å²) in [6.45, 7) is 8.08. The van der Waals surface area contributed by atoms with Gasteiger partial charge in [0.2, 0.25) is 0 Å². The Morgan fingerprint density at radius 1 is 1.00 bits per heavy atom. The average Bonchev–Trinajstić information content (AvgIpc) is 2.20. The summed E-state index contributed by atoms with van der Waals surface area (Å²) in [5.41, 5.74) is 0. The fraction of sp³-hybridized carbons (Fsp3) is 1.00. The van der Waals surface area contributed by atoms with E-state index >= 15 is 0 Å². The minimum absolute atomic E-state index is 0.0556. The van der Waals surface area contributed by atoms with E-state index < -0.39 is 12.3 Å². The molecule has 0 spiro atoms. The molecular formula is C13H24F2. The Hall–Kier alpha value is -0.140. The molecule has 1 aliphatic rings. The summed E-state index contributed by atoms with van der Waals surface area (Å²) in [4.78, 5) is 0. The number of hydrogen-bond acceptors (Lipinski definition) is 0. The molecule has 0 saturated heterocycles. The first kappa shape index (κ1) is 12.9. The molecule has 1 aliphatic carbocycles. The Morgan fingerprint density at radius 2 is 1.47 bits per heavy atom. The van der Waals surface area contributed by atoms with Crippen LogP contribution in [-0.4, -0.2) is 12.3 Å². The minimum Gasteiger partial charge on any atom is -0.244 e. The fourth-order valence-corrected chi connectivity index (χ4v) is 2.78. The van der Waals surface area contributed by atoms with Crippen LogP contribution in [0.15, 0.2) is 0 Å². The predicted octanol–water partition coefficient (Wildman–Crippen LogP) is 4.39. The van der Waals surface area contributed by atoms with E-state index in [1.165, 1.54) is 0 Å². The summed E-state index contributed by atoms with van der Waals surface area (Å²) in [6, 6.07) is 0. The molecule has 0 bridgehead atoms. The van der Waals surface area contributed by atoms with E-state index in [4.69, 9.17) is 0 Å². The largest absolute Gasteiger partial charge is 0.244 e. The van der Waals surface area contributed by atoms with Crippen molar-refractivity contribution in [2.45, 2.75) is 59.3 Å². The number of halogens is 2. The number of alkyl halides is 2. The van der Waals surface area contributed by atoms with Crippen LogP contribution in [0.25, 0.3) is 0 Å². The highest BCUT2D eigenvalue weighted by molar-refractivity contribution is 4.90. The third-order valence-electron chi connectivity index (χ3n) is 4.19. The molecule has 15 heavy (non-hydrogen) atoms. The van der Waals surface area contributed by atoms with Gasteiger partial charge in [-0.3, -0.25) is 0 Å². The number of rotatable bonds is 3. The highest BCUT2D eigenvalue weighted by atomic mass is 19.2. The van der Waals surface area contributed by atoms with Crippen molar-refractivity contribution in [2.24, 2.45) is 23.7 Å². The molecule has 0 aliphatic heterocycles. The van der Waals surface area contributed by atoms with Crippen molar-refractivity contribution in [3.05, 3.63) is 0 Å². The van der Waals surface area contributed by atoms with Gasteiger partial charge in [0.05, 0.1) is 0 Å². The smallest absolute Gasteiger partial charge is 0.134 e. The van der Waals surface area contributed by atoms with Gasteiger partial charge in [-0.25, -0.2) is 8.78 Å². The van der Waals surface area contributed by atoms with Crippen molar-refractivity contribution in [1.82, 2.24) is 0 Å². The van der Waals surface area contributed by atoms with Crippen LogP contribution in [-0.2, 0) is 0 Å². The molecular weight excluding hydrogens is 194 g/mol. The standard InChI is InChI=1S/C13H24F2/c1-5-9(4)11-7-6-10(8(2)3)12(14)13(11)15/h8-13H,5-7H2,1-4H3. The molecule has 1 rings (SSSR count). The topological polar surface area (TPSA) is 0 Å². The van der Waals surface area contributed by atoms with Gasteiger partial charge in [-0.2, -0.15) is 0 Å². The lowest BCUT2D eigenvalue weighted by Crippen LogP contribution is -2.42. The third-order valence-corrected chi connectivity index (χ3v) is 4.19. The molecule has 1 saturated carbocycles. The van der Waals surface area contributed by atoms with E-state index in [0.717, 1.165) is 19.3 Å². The van der Waals surface area contributed by atoms with Crippen LogP contribution in [0.3, 0.4) is 0 Å². The molecule has 0 radical (unpaired) electrons. The molecule has 0 nitrogen and oxygen atoms in total. The molecule has 0 aromatic carbocycles. The van der Waals surface area contributed by atoms with Crippen LogP contribution in [0.4, 0.5) is 8.78 Å². The van der Waals surface area contributed by atoms with Crippen molar-refractivity contribution in [3.8, 4) is 0 Å². The van der Waals surface area contributed by atoms with E-state index in [1.54, 1.807) is 0 Å². The van der Waals surface area contributed by atoms with Gasteiger partial charge in [-0.05, 0) is 36.5 Å². The van der Waals surface area contributed by atoms with E-state index in [1.807, 2.05) is 20.8 Å². The fourth-order valence-electron chi connectivity index (χ4n) is 2.78. The van der Waals surface area contributed by atoms with Gasteiger partial charge in [0.1, 0.15) is 12.3 Å². The van der Waals surface area contributed by atoms with Crippen LogP contribution in [0.2, 0.25) is 0 Å².